The van der Waals surface area contributed by atoms with E-state index in [1.54, 1.807) is 23.4 Å². The fourth-order valence-electron chi connectivity index (χ4n) is 1.67. The Kier molecular flexibility index (Phi) is 5.89. The fraction of sp³-hybridized carbons (Fsp3) is 0.286. The largest absolute Gasteiger partial charge is 0.334 e. The summed E-state index contributed by atoms with van der Waals surface area (Å²) in [5, 5.41) is 8.86. The third kappa shape index (κ3) is 4.95. The first-order chi connectivity index (χ1) is 10.2. The second kappa shape index (κ2) is 7.90. The third-order valence-electron chi connectivity index (χ3n) is 2.63. The van der Waals surface area contributed by atoms with E-state index in [2.05, 4.69) is 21.8 Å². The fourth-order valence-corrected chi connectivity index (χ4v) is 3.39. The van der Waals surface area contributed by atoms with Crippen molar-refractivity contribution in [1.29, 1.82) is 0 Å². The Morgan fingerprint density at radius 2 is 2.38 bits per heavy atom. The van der Waals surface area contributed by atoms with E-state index in [0.717, 1.165) is 14.9 Å². The van der Waals surface area contributed by atoms with Crippen LogP contribution in [-0.2, 0) is 11.3 Å². The van der Waals surface area contributed by atoms with Crippen molar-refractivity contribution in [3.05, 3.63) is 47.8 Å². The molecule has 0 aliphatic carbocycles. The zero-order valence-electron chi connectivity index (χ0n) is 11.7. The molecule has 2 rings (SSSR count). The third-order valence-corrected chi connectivity index (χ3v) is 4.58. The first kappa shape index (κ1) is 15.7. The van der Waals surface area contributed by atoms with Gasteiger partial charge in [0.15, 0.2) is 4.34 Å². The second-order valence-electron chi connectivity index (χ2n) is 4.30. The molecule has 5 nitrogen and oxygen atoms in total. The van der Waals surface area contributed by atoms with E-state index in [-0.39, 0.29) is 5.91 Å². The molecule has 0 bridgehead atoms. The normalized spacial score (nSPS) is 10.3. The molecule has 0 aliphatic heterocycles. The molecule has 21 heavy (non-hydrogen) atoms. The van der Waals surface area contributed by atoms with Crippen LogP contribution in [0.4, 0.5) is 0 Å². The summed E-state index contributed by atoms with van der Waals surface area (Å²) in [7, 11) is 0. The van der Waals surface area contributed by atoms with Crippen LogP contribution in [0.2, 0.25) is 0 Å². The van der Waals surface area contributed by atoms with E-state index in [1.165, 1.54) is 23.1 Å². The van der Waals surface area contributed by atoms with Crippen LogP contribution < -0.4 is 0 Å². The lowest BCUT2D eigenvalue weighted by atomic mass is 10.2. The summed E-state index contributed by atoms with van der Waals surface area (Å²) in [6.45, 7) is 6.66. The van der Waals surface area contributed by atoms with Gasteiger partial charge in [0.25, 0.3) is 0 Å². The number of carbonyl (C=O) groups excluding carboxylic acids is 1. The van der Waals surface area contributed by atoms with E-state index >= 15 is 0 Å². The molecular weight excluding hydrogens is 304 g/mol. The number of amides is 1. The molecule has 0 fully saturated rings. The Morgan fingerprint density at radius 1 is 1.52 bits per heavy atom. The predicted molar refractivity (Wildman–Crippen MR) is 85.2 cm³/mol. The van der Waals surface area contributed by atoms with Crippen LogP contribution in [-0.4, -0.2) is 38.3 Å². The first-order valence-corrected chi connectivity index (χ1v) is 8.19. The van der Waals surface area contributed by atoms with E-state index in [9.17, 15) is 4.79 Å². The molecule has 0 aromatic carbocycles. The van der Waals surface area contributed by atoms with Gasteiger partial charge in [-0.25, -0.2) is 0 Å². The minimum atomic E-state index is 0.0524. The lowest BCUT2D eigenvalue weighted by molar-refractivity contribution is -0.128. The van der Waals surface area contributed by atoms with Crippen molar-refractivity contribution in [2.75, 3.05) is 12.3 Å². The van der Waals surface area contributed by atoms with Gasteiger partial charge in [-0.15, -0.1) is 16.8 Å². The van der Waals surface area contributed by atoms with Gasteiger partial charge in [-0.05, 0) is 18.6 Å². The molecule has 2 aromatic rings. The van der Waals surface area contributed by atoms with Crippen LogP contribution in [0.15, 0.2) is 41.5 Å². The lowest BCUT2D eigenvalue weighted by Crippen LogP contribution is -2.32. The summed E-state index contributed by atoms with van der Waals surface area (Å²) in [6.07, 6.45) is 5.22. The Balaban J connectivity index is 1.93. The highest BCUT2D eigenvalue weighted by Crippen LogP contribution is 2.22. The molecule has 2 aromatic heterocycles. The number of pyridine rings is 1. The van der Waals surface area contributed by atoms with Crippen molar-refractivity contribution in [2.45, 2.75) is 17.8 Å². The van der Waals surface area contributed by atoms with E-state index in [4.69, 9.17) is 0 Å². The summed E-state index contributed by atoms with van der Waals surface area (Å²) >= 11 is 2.92. The van der Waals surface area contributed by atoms with Gasteiger partial charge >= 0.3 is 0 Å². The maximum absolute atomic E-state index is 12.3. The van der Waals surface area contributed by atoms with Crippen molar-refractivity contribution < 1.29 is 4.79 Å². The second-order valence-corrected chi connectivity index (χ2v) is 6.70. The van der Waals surface area contributed by atoms with Gasteiger partial charge in [-0.2, -0.15) is 0 Å². The number of nitrogens with zero attached hydrogens (tertiary/aromatic N) is 4. The number of thioether (sulfide) groups is 1. The summed E-state index contributed by atoms with van der Waals surface area (Å²) in [6, 6.07) is 3.82. The van der Waals surface area contributed by atoms with Gasteiger partial charge in [0.2, 0.25) is 5.91 Å². The Labute approximate surface area is 132 Å². The van der Waals surface area contributed by atoms with Gasteiger partial charge in [0, 0.05) is 25.5 Å². The Hall–Kier alpha value is -1.73. The molecular formula is C14H16N4OS2. The summed E-state index contributed by atoms with van der Waals surface area (Å²) in [4.78, 5) is 18.1. The van der Waals surface area contributed by atoms with Crippen LogP contribution in [0.25, 0.3) is 0 Å². The average molecular weight is 320 g/mol. The molecule has 0 unspecified atom stereocenters. The van der Waals surface area contributed by atoms with E-state index in [1.807, 2.05) is 19.1 Å². The molecule has 1 amide bonds. The van der Waals surface area contributed by atoms with Crippen molar-refractivity contribution in [3.8, 4) is 0 Å². The molecule has 110 valence electrons. The number of rotatable bonds is 7. The van der Waals surface area contributed by atoms with Crippen LogP contribution in [0.5, 0.6) is 0 Å². The van der Waals surface area contributed by atoms with Crippen LogP contribution in [0.1, 0.15) is 10.6 Å². The highest BCUT2D eigenvalue weighted by molar-refractivity contribution is 8.01. The SMILES string of the molecule is C=CCN(Cc1cccnc1)C(=O)CSc1nnc(C)s1. The van der Waals surface area contributed by atoms with Crippen molar-refractivity contribution in [2.24, 2.45) is 0 Å². The average Bonchev–Trinajstić information content (AvgIpc) is 2.91. The minimum absolute atomic E-state index is 0.0524. The number of aryl methyl sites for hydroxylation is 1. The van der Waals surface area contributed by atoms with Crippen LogP contribution >= 0.6 is 23.1 Å². The highest BCUT2D eigenvalue weighted by Gasteiger charge is 2.14. The Bertz CT molecular complexity index is 600. The monoisotopic (exact) mass is 320 g/mol. The maximum Gasteiger partial charge on any atom is 0.233 e. The molecule has 0 N–H and O–H groups in total. The van der Waals surface area contributed by atoms with E-state index < -0.39 is 0 Å². The number of hydrogen-bond donors (Lipinski definition) is 0. The summed E-state index contributed by atoms with van der Waals surface area (Å²) < 4.78 is 0.820. The van der Waals surface area contributed by atoms with Gasteiger partial charge in [-0.3, -0.25) is 9.78 Å². The Morgan fingerprint density at radius 3 is 3.00 bits per heavy atom. The molecule has 0 spiro atoms. The molecule has 0 saturated carbocycles. The van der Waals surface area contributed by atoms with Gasteiger partial charge < -0.3 is 4.90 Å². The van der Waals surface area contributed by atoms with Crippen molar-refractivity contribution >= 4 is 29.0 Å². The molecule has 7 heteroatoms. The maximum atomic E-state index is 12.3. The zero-order chi connectivity index (χ0) is 15.1. The topological polar surface area (TPSA) is 59.0 Å². The van der Waals surface area contributed by atoms with Gasteiger partial charge in [0.1, 0.15) is 5.01 Å². The molecule has 0 atom stereocenters. The van der Waals surface area contributed by atoms with Crippen LogP contribution in [0, 0.1) is 6.92 Å². The number of aromatic nitrogens is 3. The number of carbonyl (C=O) groups is 1. The number of hydrogen-bond acceptors (Lipinski definition) is 6. The minimum Gasteiger partial charge on any atom is -0.334 e. The van der Waals surface area contributed by atoms with Gasteiger partial charge in [-0.1, -0.05) is 35.2 Å². The summed E-state index contributed by atoms with van der Waals surface area (Å²) in [5.41, 5.74) is 1.00. The first-order valence-electron chi connectivity index (χ1n) is 6.39. The van der Waals surface area contributed by atoms with Crippen molar-refractivity contribution in [1.82, 2.24) is 20.1 Å². The highest BCUT2D eigenvalue weighted by atomic mass is 32.2. The molecule has 2 heterocycles. The lowest BCUT2D eigenvalue weighted by Gasteiger charge is -2.20. The molecule has 0 radical (unpaired) electrons. The smallest absolute Gasteiger partial charge is 0.233 e. The van der Waals surface area contributed by atoms with Crippen molar-refractivity contribution in [3.63, 3.8) is 0 Å². The standard InChI is InChI=1S/C14H16N4OS2/c1-3-7-18(9-12-5-4-6-15-8-12)13(19)10-20-14-17-16-11(2)21-14/h3-6,8H,1,7,9-10H2,2H3. The van der Waals surface area contributed by atoms with Gasteiger partial charge in [0.05, 0.1) is 5.75 Å². The molecule has 0 aliphatic rings. The van der Waals surface area contributed by atoms with Crippen LogP contribution in [0.3, 0.4) is 0 Å². The predicted octanol–water partition coefficient (Wildman–Crippen LogP) is 2.55. The van der Waals surface area contributed by atoms with E-state index in [0.29, 0.717) is 18.8 Å². The quantitative estimate of drug-likeness (QED) is 0.579. The molecule has 0 saturated heterocycles. The zero-order valence-corrected chi connectivity index (χ0v) is 13.4. The summed E-state index contributed by atoms with van der Waals surface area (Å²) in [5.74, 6) is 0.402.